The summed E-state index contributed by atoms with van der Waals surface area (Å²) in [5.74, 6) is 1.28. The standard InChI is InChI=1S/C26H25IN4O4S/c1-4-8-18-9-6-7-10-21(18)34-11-12-35-24-20(27)14-17(15-22(24)33-3)13-19(16-28)25(32)29-26-31-30-23(5-2)36-26/h4,6-7,9-10,13-15H,1,5,8,11-12H2,2-3H3,(H,29,31,32)/b19-13-. The number of carbonyl (C=O) groups is 1. The van der Waals surface area contributed by atoms with Crippen LogP contribution in [-0.2, 0) is 17.6 Å². The van der Waals surface area contributed by atoms with Crippen LogP contribution >= 0.6 is 33.9 Å². The van der Waals surface area contributed by atoms with Crippen molar-refractivity contribution in [3.8, 4) is 23.3 Å². The number of para-hydroxylation sites is 1. The smallest absolute Gasteiger partial charge is 0.268 e. The molecule has 0 fully saturated rings. The van der Waals surface area contributed by atoms with Crippen LogP contribution in [0.15, 0.2) is 54.6 Å². The largest absolute Gasteiger partial charge is 0.493 e. The molecule has 0 unspecified atom stereocenters. The summed E-state index contributed by atoms with van der Waals surface area (Å²) in [4.78, 5) is 12.6. The molecule has 186 valence electrons. The monoisotopic (exact) mass is 616 g/mol. The molecule has 0 saturated carbocycles. The molecule has 3 aromatic rings. The van der Waals surface area contributed by atoms with Gasteiger partial charge >= 0.3 is 0 Å². The van der Waals surface area contributed by atoms with E-state index in [0.717, 1.165) is 32.7 Å². The lowest BCUT2D eigenvalue weighted by Gasteiger charge is -2.15. The molecule has 1 aromatic heterocycles. The van der Waals surface area contributed by atoms with E-state index >= 15 is 0 Å². The van der Waals surface area contributed by atoms with E-state index in [1.165, 1.54) is 24.5 Å². The van der Waals surface area contributed by atoms with Gasteiger partial charge in [-0.1, -0.05) is 42.5 Å². The number of aryl methyl sites for hydroxylation is 1. The van der Waals surface area contributed by atoms with Crippen molar-refractivity contribution < 1.29 is 19.0 Å². The van der Waals surface area contributed by atoms with Gasteiger partial charge in [0.25, 0.3) is 5.91 Å². The minimum absolute atomic E-state index is 0.0682. The predicted octanol–water partition coefficient (Wildman–Crippen LogP) is 5.45. The van der Waals surface area contributed by atoms with Crippen LogP contribution in [0.3, 0.4) is 0 Å². The van der Waals surface area contributed by atoms with Crippen LogP contribution in [-0.4, -0.2) is 36.4 Å². The van der Waals surface area contributed by atoms with Crippen molar-refractivity contribution in [3.05, 3.63) is 74.3 Å². The summed E-state index contributed by atoms with van der Waals surface area (Å²) in [6, 6.07) is 13.3. The lowest BCUT2D eigenvalue weighted by Crippen LogP contribution is -2.13. The molecule has 0 saturated heterocycles. The highest BCUT2D eigenvalue weighted by Crippen LogP contribution is 2.34. The van der Waals surface area contributed by atoms with Crippen LogP contribution in [0.1, 0.15) is 23.1 Å². The van der Waals surface area contributed by atoms with E-state index < -0.39 is 5.91 Å². The summed E-state index contributed by atoms with van der Waals surface area (Å²) in [5.41, 5.74) is 1.61. The highest BCUT2D eigenvalue weighted by atomic mass is 127. The highest BCUT2D eigenvalue weighted by Gasteiger charge is 2.15. The fourth-order valence-electron chi connectivity index (χ4n) is 3.15. The summed E-state index contributed by atoms with van der Waals surface area (Å²) in [6.07, 6.45) is 4.77. The number of hydrogen-bond donors (Lipinski definition) is 1. The van der Waals surface area contributed by atoms with Gasteiger partial charge in [0.1, 0.15) is 35.6 Å². The molecule has 0 spiro atoms. The van der Waals surface area contributed by atoms with Crippen LogP contribution in [0, 0.1) is 14.9 Å². The number of carbonyl (C=O) groups excluding carboxylic acids is 1. The number of halogens is 1. The second kappa shape index (κ2) is 13.6. The van der Waals surface area contributed by atoms with Gasteiger partial charge in [-0.05, 0) is 70.8 Å². The lowest BCUT2D eigenvalue weighted by atomic mass is 10.1. The Balaban J connectivity index is 1.68. The van der Waals surface area contributed by atoms with Crippen molar-refractivity contribution in [2.45, 2.75) is 19.8 Å². The molecule has 0 aliphatic heterocycles. The van der Waals surface area contributed by atoms with E-state index in [9.17, 15) is 10.1 Å². The Morgan fingerprint density at radius 1 is 1.22 bits per heavy atom. The normalized spacial score (nSPS) is 10.9. The Bertz CT molecular complexity index is 1300. The fraction of sp³-hybridized carbons (Fsp3) is 0.231. The second-order valence-corrected chi connectivity index (χ2v) is 9.53. The number of aromatic nitrogens is 2. The third-order valence-corrected chi connectivity index (χ3v) is 6.63. The molecular weight excluding hydrogens is 591 g/mol. The molecule has 3 rings (SSSR count). The Hall–Kier alpha value is -3.43. The highest BCUT2D eigenvalue weighted by molar-refractivity contribution is 14.1. The van der Waals surface area contributed by atoms with Gasteiger partial charge in [-0.3, -0.25) is 10.1 Å². The number of amides is 1. The van der Waals surface area contributed by atoms with Gasteiger partial charge in [0, 0.05) is 0 Å². The number of rotatable bonds is 12. The van der Waals surface area contributed by atoms with Gasteiger partial charge < -0.3 is 14.2 Å². The molecule has 1 N–H and O–H groups in total. The molecule has 0 radical (unpaired) electrons. The maximum atomic E-state index is 12.6. The summed E-state index contributed by atoms with van der Waals surface area (Å²) in [5, 5.41) is 21.2. The van der Waals surface area contributed by atoms with Crippen LogP contribution in [0.2, 0.25) is 0 Å². The number of nitriles is 1. The van der Waals surface area contributed by atoms with Gasteiger partial charge in [-0.15, -0.1) is 16.8 Å². The summed E-state index contributed by atoms with van der Waals surface area (Å²) in [6.45, 7) is 6.38. The van der Waals surface area contributed by atoms with E-state index in [0.29, 0.717) is 35.4 Å². The average Bonchev–Trinajstić information content (AvgIpc) is 3.34. The molecule has 0 aliphatic carbocycles. The van der Waals surface area contributed by atoms with Crippen LogP contribution in [0.25, 0.3) is 6.08 Å². The average molecular weight is 616 g/mol. The third kappa shape index (κ3) is 7.29. The van der Waals surface area contributed by atoms with Crippen molar-refractivity contribution in [2.75, 3.05) is 25.6 Å². The maximum absolute atomic E-state index is 12.6. The van der Waals surface area contributed by atoms with Gasteiger partial charge in [-0.2, -0.15) is 5.26 Å². The fourth-order valence-corrected chi connectivity index (χ4v) is 4.61. The summed E-state index contributed by atoms with van der Waals surface area (Å²) < 4.78 is 18.1. The Morgan fingerprint density at radius 3 is 2.69 bits per heavy atom. The zero-order valence-electron chi connectivity index (χ0n) is 19.9. The first kappa shape index (κ1) is 27.2. The van der Waals surface area contributed by atoms with E-state index in [1.54, 1.807) is 6.07 Å². The van der Waals surface area contributed by atoms with Gasteiger partial charge in [0.05, 0.1) is 10.7 Å². The van der Waals surface area contributed by atoms with Crippen molar-refractivity contribution in [1.82, 2.24) is 10.2 Å². The number of nitrogens with zero attached hydrogens (tertiary/aromatic N) is 3. The van der Waals surface area contributed by atoms with E-state index in [4.69, 9.17) is 14.2 Å². The first-order valence-corrected chi connectivity index (χ1v) is 13.0. The number of hydrogen-bond acceptors (Lipinski definition) is 8. The molecule has 0 bridgehead atoms. The molecule has 1 amide bonds. The van der Waals surface area contributed by atoms with Crippen molar-refractivity contribution in [2.24, 2.45) is 0 Å². The molecule has 0 aliphatic rings. The minimum Gasteiger partial charge on any atom is -0.493 e. The third-order valence-electron chi connectivity index (χ3n) is 4.84. The van der Waals surface area contributed by atoms with E-state index in [-0.39, 0.29) is 5.57 Å². The molecule has 2 aromatic carbocycles. The topological polar surface area (TPSA) is 106 Å². The second-order valence-electron chi connectivity index (χ2n) is 7.31. The van der Waals surface area contributed by atoms with Crippen molar-refractivity contribution >= 4 is 51.0 Å². The maximum Gasteiger partial charge on any atom is 0.268 e. The van der Waals surface area contributed by atoms with Crippen molar-refractivity contribution in [3.63, 3.8) is 0 Å². The Kier molecular flexibility index (Phi) is 10.3. The van der Waals surface area contributed by atoms with Crippen LogP contribution in [0.4, 0.5) is 5.13 Å². The molecular formula is C26H25IN4O4S. The van der Waals surface area contributed by atoms with E-state index in [2.05, 4.69) is 44.7 Å². The quantitative estimate of drug-likeness (QED) is 0.0949. The molecule has 36 heavy (non-hydrogen) atoms. The number of nitrogens with one attached hydrogen (secondary N) is 1. The summed E-state index contributed by atoms with van der Waals surface area (Å²) >= 11 is 3.40. The number of anilines is 1. The minimum atomic E-state index is -0.556. The number of allylic oxidation sites excluding steroid dienone is 1. The number of methoxy groups -OCH3 is 1. The predicted molar refractivity (Wildman–Crippen MR) is 149 cm³/mol. The molecule has 10 heteroatoms. The number of benzene rings is 2. The van der Waals surface area contributed by atoms with Crippen molar-refractivity contribution in [1.29, 1.82) is 5.26 Å². The number of ether oxygens (including phenoxy) is 3. The molecule has 0 atom stereocenters. The molecule has 8 nitrogen and oxygen atoms in total. The Labute approximate surface area is 227 Å². The van der Waals surface area contributed by atoms with Gasteiger partial charge in [0.15, 0.2) is 11.5 Å². The van der Waals surface area contributed by atoms with Crippen LogP contribution < -0.4 is 19.5 Å². The SMILES string of the molecule is C=CCc1ccccc1OCCOc1c(I)cc(/C=C(/C#N)C(=O)Nc2nnc(CC)s2)cc1OC. The lowest BCUT2D eigenvalue weighted by molar-refractivity contribution is -0.112. The van der Waals surface area contributed by atoms with Gasteiger partial charge in [0.2, 0.25) is 5.13 Å². The van der Waals surface area contributed by atoms with Crippen LogP contribution in [0.5, 0.6) is 17.2 Å². The van der Waals surface area contributed by atoms with Gasteiger partial charge in [-0.25, -0.2) is 0 Å². The Morgan fingerprint density at radius 2 is 2.00 bits per heavy atom. The first-order chi connectivity index (χ1) is 17.5. The first-order valence-electron chi connectivity index (χ1n) is 11.1. The summed E-state index contributed by atoms with van der Waals surface area (Å²) in [7, 11) is 1.53. The van der Waals surface area contributed by atoms with E-state index in [1.807, 2.05) is 49.4 Å². The molecule has 1 heterocycles. The zero-order valence-corrected chi connectivity index (χ0v) is 22.9. The zero-order chi connectivity index (χ0) is 25.9.